The first-order chi connectivity index (χ1) is 13.6. The highest BCUT2D eigenvalue weighted by Gasteiger charge is 2.11. The topological polar surface area (TPSA) is 74.3 Å². The van der Waals surface area contributed by atoms with Gasteiger partial charge in [-0.25, -0.2) is 13.6 Å². The molecule has 0 saturated heterocycles. The summed E-state index contributed by atoms with van der Waals surface area (Å²) in [5, 5.41) is 5.10. The van der Waals surface area contributed by atoms with Gasteiger partial charge in [0, 0.05) is 11.9 Å². The van der Waals surface area contributed by atoms with Gasteiger partial charge in [-0.05, 0) is 79.5 Å². The van der Waals surface area contributed by atoms with Crippen LogP contribution in [0.25, 0.3) is 16.9 Å². The summed E-state index contributed by atoms with van der Waals surface area (Å²) in [6.45, 7) is 4.26. The highest BCUT2D eigenvalue weighted by atomic mass is 32.2. The second kappa shape index (κ2) is 6.74. The molecule has 0 spiro atoms. The number of primary sulfonamides is 1. The number of nitrogens with zero attached hydrogens (tertiary/aromatic N) is 1. The smallest absolute Gasteiger partial charge is 0.238 e. The lowest BCUT2D eigenvalue weighted by Gasteiger charge is -2.11. The van der Waals surface area contributed by atoms with Crippen LogP contribution >= 0.6 is 0 Å². The van der Waals surface area contributed by atoms with Crippen LogP contribution in [0.2, 0.25) is 0 Å². The Kier molecular flexibility index (Phi) is 3.44. The van der Waals surface area contributed by atoms with E-state index < -0.39 is 39.1 Å². The minimum absolute atomic E-state index is 0.0515. The SMILES string of the molecule is [2H]c1c([2H])c(S(N)(=O)=O)c([2H])c([2H])c1-n1cc(C)cc1-c1ccc(OCC)cc1. The molecule has 5 nitrogen and oxygen atoms in total. The maximum absolute atomic E-state index is 11.8. The third-order valence-electron chi connectivity index (χ3n) is 3.53. The van der Waals surface area contributed by atoms with Crippen molar-refractivity contribution in [3.63, 3.8) is 0 Å². The molecule has 0 saturated carbocycles. The number of benzene rings is 2. The number of aryl methyl sites for hydroxylation is 1. The molecule has 3 rings (SSSR count). The predicted molar refractivity (Wildman–Crippen MR) is 98.5 cm³/mol. The zero-order valence-corrected chi connectivity index (χ0v) is 14.6. The fraction of sp³-hybridized carbons (Fsp3) is 0.158. The van der Waals surface area contributed by atoms with Gasteiger partial charge in [-0.3, -0.25) is 0 Å². The average molecular weight is 360 g/mol. The Morgan fingerprint density at radius 2 is 1.80 bits per heavy atom. The Hall–Kier alpha value is -2.57. The van der Waals surface area contributed by atoms with Gasteiger partial charge < -0.3 is 9.30 Å². The lowest BCUT2D eigenvalue weighted by Crippen LogP contribution is -2.12. The monoisotopic (exact) mass is 360 g/mol. The molecule has 6 heteroatoms. The van der Waals surface area contributed by atoms with Crippen molar-refractivity contribution in [2.75, 3.05) is 6.61 Å². The molecule has 3 aromatic rings. The van der Waals surface area contributed by atoms with Crippen LogP contribution in [0.5, 0.6) is 5.75 Å². The molecule has 0 atom stereocenters. The zero-order chi connectivity index (χ0) is 21.5. The van der Waals surface area contributed by atoms with Gasteiger partial charge in [0.1, 0.15) is 5.75 Å². The maximum Gasteiger partial charge on any atom is 0.238 e. The summed E-state index contributed by atoms with van der Waals surface area (Å²) >= 11 is 0. The summed E-state index contributed by atoms with van der Waals surface area (Å²) in [6.07, 6.45) is 1.67. The summed E-state index contributed by atoms with van der Waals surface area (Å²) < 4.78 is 63.2. The van der Waals surface area contributed by atoms with E-state index in [1.807, 2.05) is 32.0 Å². The lowest BCUT2D eigenvalue weighted by atomic mass is 10.1. The van der Waals surface area contributed by atoms with Gasteiger partial charge in [0.2, 0.25) is 10.0 Å². The van der Waals surface area contributed by atoms with E-state index in [1.54, 1.807) is 18.3 Å². The third-order valence-corrected chi connectivity index (χ3v) is 4.31. The molecular weight excluding hydrogens is 336 g/mol. The summed E-state index contributed by atoms with van der Waals surface area (Å²) in [7, 11) is -4.41. The maximum atomic E-state index is 11.8. The number of sulfonamides is 1. The largest absolute Gasteiger partial charge is 0.494 e. The van der Waals surface area contributed by atoms with Crippen molar-refractivity contribution in [2.24, 2.45) is 5.14 Å². The zero-order valence-electron chi connectivity index (χ0n) is 17.8. The van der Waals surface area contributed by atoms with Crippen molar-refractivity contribution in [3.8, 4) is 22.7 Å². The van der Waals surface area contributed by atoms with E-state index in [4.69, 9.17) is 15.4 Å². The number of rotatable bonds is 5. The van der Waals surface area contributed by atoms with E-state index in [9.17, 15) is 8.42 Å². The molecular formula is C19H20N2O3S. The second-order valence-electron chi connectivity index (χ2n) is 5.45. The fourth-order valence-electron chi connectivity index (χ4n) is 2.45. The Labute approximate surface area is 153 Å². The second-order valence-corrected chi connectivity index (χ2v) is 6.95. The standard InChI is InChI=1S/C19H20N2O3S/c1-3-24-17-8-4-15(5-9-17)19-12-14(2)13-21(19)16-6-10-18(11-7-16)25(20,22)23/h4-13H,3H2,1-2H3,(H2,20,22,23)/i6D,7D,10D,11D. The molecule has 0 aliphatic carbocycles. The Bertz CT molecular complexity index is 1160. The Morgan fingerprint density at radius 1 is 1.16 bits per heavy atom. The van der Waals surface area contributed by atoms with Crippen molar-refractivity contribution >= 4 is 10.0 Å². The van der Waals surface area contributed by atoms with Gasteiger partial charge in [0.05, 0.1) is 22.7 Å². The van der Waals surface area contributed by atoms with Crippen molar-refractivity contribution in [3.05, 3.63) is 66.3 Å². The normalized spacial score (nSPS) is 13.7. The van der Waals surface area contributed by atoms with E-state index >= 15 is 0 Å². The quantitative estimate of drug-likeness (QED) is 0.757. The Balaban J connectivity index is 2.26. The van der Waals surface area contributed by atoms with E-state index in [-0.39, 0.29) is 5.69 Å². The van der Waals surface area contributed by atoms with Crippen LogP contribution in [-0.2, 0) is 10.0 Å². The molecule has 0 fully saturated rings. The van der Waals surface area contributed by atoms with Gasteiger partial charge >= 0.3 is 0 Å². The van der Waals surface area contributed by atoms with Gasteiger partial charge in [0.15, 0.2) is 0 Å². The molecule has 0 aliphatic heterocycles. The molecule has 0 aliphatic rings. The summed E-state index contributed by atoms with van der Waals surface area (Å²) in [5.41, 5.74) is 2.19. The van der Waals surface area contributed by atoms with Crippen LogP contribution in [-0.4, -0.2) is 19.6 Å². The van der Waals surface area contributed by atoms with Crippen molar-refractivity contribution in [1.29, 1.82) is 0 Å². The van der Waals surface area contributed by atoms with E-state index in [0.717, 1.165) is 11.1 Å². The van der Waals surface area contributed by atoms with E-state index in [0.29, 0.717) is 18.1 Å². The minimum atomic E-state index is -4.41. The van der Waals surface area contributed by atoms with Gasteiger partial charge in [-0.2, -0.15) is 0 Å². The Morgan fingerprint density at radius 3 is 2.36 bits per heavy atom. The van der Waals surface area contributed by atoms with Crippen LogP contribution in [0.1, 0.15) is 18.0 Å². The summed E-state index contributed by atoms with van der Waals surface area (Å²) in [6, 6.07) is 6.71. The van der Waals surface area contributed by atoms with Gasteiger partial charge in [-0.1, -0.05) is 0 Å². The highest BCUT2D eigenvalue weighted by Crippen LogP contribution is 2.28. The van der Waals surface area contributed by atoms with Crippen LogP contribution in [0, 0.1) is 6.92 Å². The molecule has 0 amide bonds. The highest BCUT2D eigenvalue weighted by molar-refractivity contribution is 7.89. The molecule has 25 heavy (non-hydrogen) atoms. The predicted octanol–water partition coefficient (Wildman–Crippen LogP) is 3.50. The average Bonchev–Trinajstić information content (AvgIpc) is 3.01. The first kappa shape index (κ1) is 12.7. The molecule has 2 N–H and O–H groups in total. The number of hydrogen-bond acceptors (Lipinski definition) is 3. The van der Waals surface area contributed by atoms with Crippen molar-refractivity contribution in [1.82, 2.24) is 4.57 Å². The van der Waals surface area contributed by atoms with Gasteiger partial charge in [0.25, 0.3) is 0 Å². The molecule has 1 heterocycles. The van der Waals surface area contributed by atoms with Crippen molar-refractivity contribution < 1.29 is 18.6 Å². The minimum Gasteiger partial charge on any atom is -0.494 e. The van der Waals surface area contributed by atoms with Crippen LogP contribution in [0.3, 0.4) is 0 Å². The molecule has 0 radical (unpaired) electrons. The molecule has 1 aromatic heterocycles. The summed E-state index contributed by atoms with van der Waals surface area (Å²) in [5.74, 6) is 0.702. The van der Waals surface area contributed by atoms with E-state index in [2.05, 4.69) is 0 Å². The lowest BCUT2D eigenvalue weighted by molar-refractivity contribution is 0.340. The number of aromatic nitrogens is 1. The van der Waals surface area contributed by atoms with Crippen LogP contribution < -0.4 is 9.88 Å². The number of hydrogen-bond donors (Lipinski definition) is 1. The third kappa shape index (κ3) is 3.75. The van der Waals surface area contributed by atoms with E-state index in [1.165, 1.54) is 4.57 Å². The molecule has 2 aromatic carbocycles. The molecule has 130 valence electrons. The summed E-state index contributed by atoms with van der Waals surface area (Å²) in [4.78, 5) is -0.817. The first-order valence-electron chi connectivity index (χ1n) is 9.62. The first-order valence-corrected chi connectivity index (χ1v) is 9.16. The van der Waals surface area contributed by atoms with Crippen LogP contribution in [0.4, 0.5) is 0 Å². The molecule has 0 unspecified atom stereocenters. The number of nitrogens with two attached hydrogens (primary N) is 1. The molecule has 0 bridgehead atoms. The van der Waals surface area contributed by atoms with Gasteiger partial charge in [-0.15, -0.1) is 0 Å². The number of ether oxygens (including phenoxy) is 1. The van der Waals surface area contributed by atoms with Crippen molar-refractivity contribution in [2.45, 2.75) is 18.7 Å². The van der Waals surface area contributed by atoms with Crippen LogP contribution in [0.15, 0.2) is 65.6 Å². The fourth-order valence-corrected chi connectivity index (χ4v) is 2.84.